The molecule has 2 heterocycles. The first-order chi connectivity index (χ1) is 15.9. The van der Waals surface area contributed by atoms with Crippen LogP contribution < -0.4 is 5.32 Å². The maximum atomic E-state index is 9.23. The van der Waals surface area contributed by atoms with E-state index >= 15 is 0 Å². The van der Waals surface area contributed by atoms with E-state index in [9.17, 15) is 5.11 Å². The lowest BCUT2D eigenvalue weighted by Gasteiger charge is -2.23. The number of aliphatic hydroxyl groups is 3. The number of nitrogens with one attached hydrogen (secondary N) is 1. The number of aromatic hydroxyl groups is 1. The van der Waals surface area contributed by atoms with E-state index in [-0.39, 0.29) is 30.7 Å². The summed E-state index contributed by atoms with van der Waals surface area (Å²) in [5.41, 5.74) is 3.08. The van der Waals surface area contributed by atoms with Crippen molar-refractivity contribution >= 4 is 11.8 Å². The van der Waals surface area contributed by atoms with Gasteiger partial charge < -0.3 is 30.6 Å². The van der Waals surface area contributed by atoms with Gasteiger partial charge in [0.25, 0.3) is 0 Å². The number of likely N-dealkylation sites (N-methyl/N-ethyl adjacent to an activating group) is 1. The van der Waals surface area contributed by atoms with E-state index in [0.717, 1.165) is 34.6 Å². The summed E-state index contributed by atoms with van der Waals surface area (Å²) < 4.78 is 0. The molecule has 1 saturated heterocycles. The molecule has 0 saturated carbocycles. The third-order valence-corrected chi connectivity index (χ3v) is 6.08. The molecule has 2 aromatic carbocycles. The fourth-order valence-corrected chi connectivity index (χ4v) is 4.14. The van der Waals surface area contributed by atoms with Crippen LogP contribution >= 0.6 is 11.8 Å². The van der Waals surface area contributed by atoms with Crippen LogP contribution in [0.4, 0.5) is 0 Å². The molecule has 2 aliphatic rings. The largest absolute Gasteiger partial charge is 0.508 e. The molecule has 7 heteroatoms. The second-order valence-electron chi connectivity index (χ2n) is 7.75. The quantitative estimate of drug-likeness (QED) is 0.440. The molecule has 0 amide bonds. The number of rotatable bonds is 3. The molecule has 0 aliphatic carbocycles. The summed E-state index contributed by atoms with van der Waals surface area (Å²) >= 11 is 1.83. The first-order valence-corrected chi connectivity index (χ1v) is 12.1. The second-order valence-corrected chi connectivity index (χ2v) is 8.90. The smallest absolute Gasteiger partial charge is 0.124 e. The monoisotopic (exact) mass is 470 g/mol. The number of phenols is 1. The van der Waals surface area contributed by atoms with Crippen molar-refractivity contribution in [1.29, 1.82) is 0 Å². The van der Waals surface area contributed by atoms with Crippen molar-refractivity contribution in [2.75, 3.05) is 25.2 Å². The summed E-state index contributed by atoms with van der Waals surface area (Å²) in [6.45, 7) is 1.86. The first-order valence-electron chi connectivity index (χ1n) is 11.0. The molecule has 0 bridgehead atoms. The van der Waals surface area contributed by atoms with Crippen molar-refractivity contribution in [3.05, 3.63) is 66.5 Å². The van der Waals surface area contributed by atoms with Gasteiger partial charge in [-0.1, -0.05) is 36.1 Å². The fourth-order valence-electron chi connectivity index (χ4n) is 3.09. The predicted molar refractivity (Wildman–Crippen MR) is 136 cm³/mol. The van der Waals surface area contributed by atoms with Gasteiger partial charge in [0, 0.05) is 37.2 Å². The number of benzene rings is 2. The summed E-state index contributed by atoms with van der Waals surface area (Å²) in [5.74, 6) is 8.25. The molecular weight excluding hydrogens is 436 g/mol. The molecule has 4 rings (SSSR count). The second kappa shape index (κ2) is 14.5. The number of hydrogen-bond donors (Lipinski definition) is 5. The molecule has 5 N–H and O–H groups in total. The van der Waals surface area contributed by atoms with E-state index < -0.39 is 0 Å². The summed E-state index contributed by atoms with van der Waals surface area (Å²) in [7, 11) is 1.92. The Morgan fingerprint density at radius 1 is 1.12 bits per heavy atom. The molecule has 178 valence electrons. The minimum atomic E-state index is -0.329. The van der Waals surface area contributed by atoms with Crippen molar-refractivity contribution in [1.82, 2.24) is 10.2 Å². The van der Waals surface area contributed by atoms with Gasteiger partial charge in [0.2, 0.25) is 0 Å². The average Bonchev–Trinajstić information content (AvgIpc) is 3.47. The Morgan fingerprint density at radius 2 is 1.76 bits per heavy atom. The maximum absolute atomic E-state index is 9.23. The van der Waals surface area contributed by atoms with Crippen molar-refractivity contribution in [2.24, 2.45) is 0 Å². The topological polar surface area (TPSA) is 96.2 Å². The number of hydrogen-bond acceptors (Lipinski definition) is 7. The molecule has 2 aliphatic heterocycles. The zero-order valence-electron chi connectivity index (χ0n) is 19.2. The highest BCUT2D eigenvalue weighted by Crippen LogP contribution is 2.22. The number of nitrogens with zero attached hydrogens (tertiary/aromatic N) is 1. The van der Waals surface area contributed by atoms with Crippen LogP contribution in [-0.2, 0) is 0 Å². The van der Waals surface area contributed by atoms with Crippen molar-refractivity contribution in [2.45, 2.75) is 38.1 Å². The molecule has 0 spiro atoms. The van der Waals surface area contributed by atoms with Crippen molar-refractivity contribution in [3.8, 4) is 28.7 Å². The van der Waals surface area contributed by atoms with Gasteiger partial charge in [-0.05, 0) is 54.5 Å². The third-order valence-electron chi connectivity index (χ3n) is 4.93. The molecule has 33 heavy (non-hydrogen) atoms. The van der Waals surface area contributed by atoms with Gasteiger partial charge in [0.05, 0.1) is 18.8 Å². The van der Waals surface area contributed by atoms with E-state index in [2.05, 4.69) is 17.2 Å². The van der Waals surface area contributed by atoms with Crippen LogP contribution in [-0.4, -0.2) is 68.9 Å². The van der Waals surface area contributed by atoms with Gasteiger partial charge in [-0.2, -0.15) is 11.8 Å². The zero-order chi connectivity index (χ0) is 24.1. The lowest BCUT2D eigenvalue weighted by atomic mass is 10.0. The molecule has 1 fully saturated rings. The highest BCUT2D eigenvalue weighted by atomic mass is 32.2. The number of thioether (sulfide) groups is 1. The van der Waals surface area contributed by atoms with E-state index in [1.54, 1.807) is 19.1 Å². The van der Waals surface area contributed by atoms with Gasteiger partial charge in [-0.15, -0.1) is 0 Å². The summed E-state index contributed by atoms with van der Waals surface area (Å²) in [4.78, 5) is 1.94. The lowest BCUT2D eigenvalue weighted by Crippen LogP contribution is -2.41. The van der Waals surface area contributed by atoms with Crippen LogP contribution in [0, 0.1) is 11.8 Å². The van der Waals surface area contributed by atoms with E-state index in [1.165, 1.54) is 0 Å². The van der Waals surface area contributed by atoms with Gasteiger partial charge >= 0.3 is 0 Å². The Bertz CT molecular complexity index is 899. The van der Waals surface area contributed by atoms with Crippen LogP contribution in [0.3, 0.4) is 0 Å². The van der Waals surface area contributed by atoms with E-state index in [0.29, 0.717) is 6.42 Å². The molecule has 0 aromatic heterocycles. The Hall–Kier alpha value is -2.63. The Balaban J connectivity index is 0.000000211. The Labute approximate surface area is 201 Å². The van der Waals surface area contributed by atoms with Crippen LogP contribution in [0.25, 0.3) is 11.1 Å². The van der Waals surface area contributed by atoms with Crippen LogP contribution in [0.5, 0.6) is 5.75 Å². The molecule has 2 unspecified atom stereocenters. The minimum absolute atomic E-state index is 0.00926. The predicted octanol–water partition coefficient (Wildman–Crippen LogP) is 2.98. The molecular formula is C26H34N2O4S. The average molecular weight is 471 g/mol. The third kappa shape index (κ3) is 9.80. The number of phenolic OH excluding ortho intramolecular Hbond substituents is 1. The molecule has 3 atom stereocenters. The van der Waals surface area contributed by atoms with Gasteiger partial charge in [0.15, 0.2) is 0 Å². The SMILES string of the molecule is CC(O)C1NC=CN1C.OCCC#Cc1ccc(-c2ccc(O)cc2)cc1.O[C@@H]1CCSC1. The van der Waals surface area contributed by atoms with Crippen molar-refractivity contribution < 1.29 is 20.4 Å². The lowest BCUT2D eigenvalue weighted by molar-refractivity contribution is 0.0984. The van der Waals surface area contributed by atoms with E-state index in [4.69, 9.17) is 15.3 Å². The van der Waals surface area contributed by atoms with Crippen LogP contribution in [0.15, 0.2) is 60.9 Å². The first kappa shape index (κ1) is 26.6. The van der Waals surface area contributed by atoms with Crippen LogP contribution in [0.1, 0.15) is 25.3 Å². The van der Waals surface area contributed by atoms with Gasteiger partial charge in [-0.3, -0.25) is 0 Å². The highest BCUT2D eigenvalue weighted by molar-refractivity contribution is 7.99. The summed E-state index contributed by atoms with van der Waals surface area (Å²) in [6.07, 6.45) is 4.98. The highest BCUT2D eigenvalue weighted by Gasteiger charge is 2.18. The molecule has 6 nitrogen and oxygen atoms in total. The fraction of sp³-hybridized carbons (Fsp3) is 0.385. The normalized spacial score (nSPS) is 19.2. The number of aliphatic hydroxyl groups excluding tert-OH is 3. The van der Waals surface area contributed by atoms with E-state index in [1.807, 2.05) is 72.5 Å². The zero-order valence-corrected chi connectivity index (χ0v) is 20.0. The van der Waals surface area contributed by atoms with Crippen LogP contribution in [0.2, 0.25) is 0 Å². The molecule has 2 aromatic rings. The van der Waals surface area contributed by atoms with Gasteiger partial charge in [0.1, 0.15) is 11.9 Å². The van der Waals surface area contributed by atoms with Crippen molar-refractivity contribution in [3.63, 3.8) is 0 Å². The summed E-state index contributed by atoms with van der Waals surface area (Å²) in [5, 5.41) is 38.7. The minimum Gasteiger partial charge on any atom is -0.508 e. The Morgan fingerprint density at radius 3 is 2.15 bits per heavy atom. The summed E-state index contributed by atoms with van der Waals surface area (Å²) in [6, 6.07) is 15.0. The standard InChI is InChI=1S/C16H14O2.C6H12N2O.C4H8OS/c17-12-2-1-3-13-4-6-14(7-5-13)15-8-10-16(18)11-9-15;1-5(9)6-7-3-4-8(6)2;5-4-1-2-6-3-4/h4-11,17-18H,2,12H2;3-7,9H,1-2H3;4-5H,1-3H2/t;;4-/m..1/s1. The molecule has 0 radical (unpaired) electrons. The maximum Gasteiger partial charge on any atom is 0.124 e. The Kier molecular flexibility index (Phi) is 11.7. The van der Waals surface area contributed by atoms with Gasteiger partial charge in [-0.25, -0.2) is 0 Å².